The molecule has 0 radical (unpaired) electrons. The van der Waals surface area contributed by atoms with Gasteiger partial charge in [0.15, 0.2) is 4.91 Å². The van der Waals surface area contributed by atoms with Crippen LogP contribution in [0.25, 0.3) is 17.5 Å². The molecule has 0 atom stereocenters. The lowest BCUT2D eigenvalue weighted by Gasteiger charge is -2.10. The summed E-state index contributed by atoms with van der Waals surface area (Å²) in [5, 5.41) is 14.1. The number of aryl methyl sites for hydroxylation is 2. The van der Waals surface area contributed by atoms with Gasteiger partial charge in [0.2, 0.25) is 9.84 Å². The second-order valence-electron chi connectivity index (χ2n) is 7.10. The first kappa shape index (κ1) is 20.4. The zero-order valence-corrected chi connectivity index (χ0v) is 17.9. The molecule has 0 aliphatic rings. The molecular weight excluding hydrogens is 408 g/mol. The van der Waals surface area contributed by atoms with E-state index in [1.165, 1.54) is 18.2 Å². The second-order valence-corrected chi connectivity index (χ2v) is 9.01. The lowest BCUT2D eigenvalue weighted by Crippen LogP contribution is -2.04. The fraction of sp³-hybridized carbons (Fsp3) is 0.0833. The van der Waals surface area contributed by atoms with E-state index in [1.54, 1.807) is 24.3 Å². The van der Waals surface area contributed by atoms with Crippen molar-refractivity contribution in [1.82, 2.24) is 14.3 Å². The molecule has 4 rings (SSSR count). The molecule has 2 aromatic heterocycles. The standard InChI is InChI=1S/C24H20N4O2S/c1-18-15-19(2)28(26-18)21-12-10-20(11-13-21)27-14-6-7-22(27)16-24(17-25)31(29,30)23-8-4-3-5-9-23/h3-16H,1-2H3. The van der Waals surface area contributed by atoms with Crippen molar-refractivity contribution in [2.45, 2.75) is 18.7 Å². The molecule has 0 aliphatic carbocycles. The van der Waals surface area contributed by atoms with Crippen LogP contribution in [0.5, 0.6) is 0 Å². The van der Waals surface area contributed by atoms with Crippen molar-refractivity contribution in [1.29, 1.82) is 5.26 Å². The van der Waals surface area contributed by atoms with Crippen molar-refractivity contribution in [3.63, 3.8) is 0 Å². The van der Waals surface area contributed by atoms with E-state index in [9.17, 15) is 13.7 Å². The van der Waals surface area contributed by atoms with Crippen molar-refractivity contribution in [3.8, 4) is 17.4 Å². The Kier molecular flexibility index (Phi) is 5.32. The zero-order valence-electron chi connectivity index (χ0n) is 17.1. The van der Waals surface area contributed by atoms with Crippen LogP contribution in [0.4, 0.5) is 0 Å². The first-order valence-corrected chi connectivity index (χ1v) is 11.1. The van der Waals surface area contributed by atoms with Crippen molar-refractivity contribution < 1.29 is 8.42 Å². The van der Waals surface area contributed by atoms with E-state index >= 15 is 0 Å². The average molecular weight is 429 g/mol. The first-order valence-electron chi connectivity index (χ1n) is 9.63. The van der Waals surface area contributed by atoms with Crippen LogP contribution in [0.3, 0.4) is 0 Å². The Labute approximate surface area is 181 Å². The molecule has 0 saturated carbocycles. The van der Waals surface area contributed by atoms with Crippen LogP contribution in [0.15, 0.2) is 88.8 Å². The van der Waals surface area contributed by atoms with E-state index in [2.05, 4.69) is 5.10 Å². The molecular formula is C24H20N4O2S. The van der Waals surface area contributed by atoms with Gasteiger partial charge in [-0.3, -0.25) is 0 Å². The number of hydrogen-bond acceptors (Lipinski definition) is 4. The number of benzene rings is 2. The Morgan fingerprint density at radius 1 is 0.968 bits per heavy atom. The Morgan fingerprint density at radius 2 is 1.65 bits per heavy atom. The van der Waals surface area contributed by atoms with E-state index in [4.69, 9.17) is 0 Å². The largest absolute Gasteiger partial charge is 0.317 e. The molecule has 154 valence electrons. The number of sulfone groups is 1. The number of aromatic nitrogens is 3. The molecule has 0 spiro atoms. The summed E-state index contributed by atoms with van der Waals surface area (Å²) in [4.78, 5) is -0.215. The van der Waals surface area contributed by atoms with E-state index < -0.39 is 9.84 Å². The van der Waals surface area contributed by atoms with Gasteiger partial charge in [-0.05, 0) is 74.5 Å². The molecule has 2 heterocycles. The fourth-order valence-electron chi connectivity index (χ4n) is 3.42. The van der Waals surface area contributed by atoms with Crippen LogP contribution in [0.1, 0.15) is 17.1 Å². The smallest absolute Gasteiger partial charge is 0.216 e. The minimum atomic E-state index is -3.90. The van der Waals surface area contributed by atoms with Gasteiger partial charge in [0, 0.05) is 23.3 Å². The molecule has 0 fully saturated rings. The molecule has 7 heteroatoms. The highest BCUT2D eigenvalue weighted by molar-refractivity contribution is 7.95. The first-order chi connectivity index (χ1) is 14.9. The van der Waals surface area contributed by atoms with Crippen molar-refractivity contribution in [3.05, 3.63) is 101 Å². The maximum absolute atomic E-state index is 12.9. The number of hydrogen-bond donors (Lipinski definition) is 0. The predicted octanol–water partition coefficient (Wildman–Crippen LogP) is 4.62. The molecule has 0 aliphatic heterocycles. The van der Waals surface area contributed by atoms with Crippen LogP contribution in [-0.4, -0.2) is 22.8 Å². The van der Waals surface area contributed by atoms with Crippen LogP contribution >= 0.6 is 0 Å². The van der Waals surface area contributed by atoms with E-state index in [0.29, 0.717) is 5.69 Å². The number of nitrogens with zero attached hydrogens (tertiary/aromatic N) is 4. The molecule has 0 saturated heterocycles. The second kappa shape index (κ2) is 8.09. The number of rotatable bonds is 5. The molecule has 0 N–H and O–H groups in total. The topological polar surface area (TPSA) is 80.7 Å². The van der Waals surface area contributed by atoms with Gasteiger partial charge < -0.3 is 4.57 Å². The maximum atomic E-state index is 12.9. The Bertz CT molecular complexity index is 1400. The summed E-state index contributed by atoms with van der Waals surface area (Å²) in [6.07, 6.45) is 3.23. The quantitative estimate of drug-likeness (QED) is 0.435. The molecule has 0 amide bonds. The molecule has 0 unspecified atom stereocenters. The van der Waals surface area contributed by atoms with Crippen molar-refractivity contribution >= 4 is 15.9 Å². The number of nitriles is 1. The SMILES string of the molecule is Cc1cc(C)n(-c2ccc(-n3cccc3C=C(C#N)S(=O)(=O)c3ccccc3)cc2)n1. The molecule has 4 aromatic rings. The third kappa shape index (κ3) is 3.93. The molecule has 0 bridgehead atoms. The van der Waals surface area contributed by atoms with Gasteiger partial charge in [0.25, 0.3) is 0 Å². The van der Waals surface area contributed by atoms with Gasteiger partial charge in [-0.2, -0.15) is 10.4 Å². The summed E-state index contributed by atoms with van der Waals surface area (Å²) in [5.74, 6) is 0. The lowest BCUT2D eigenvalue weighted by atomic mass is 10.2. The van der Waals surface area contributed by atoms with Crippen LogP contribution < -0.4 is 0 Å². The van der Waals surface area contributed by atoms with Gasteiger partial charge in [-0.25, -0.2) is 13.1 Å². The summed E-state index contributed by atoms with van der Waals surface area (Å²) in [6.45, 7) is 3.95. The Morgan fingerprint density at radius 3 is 2.26 bits per heavy atom. The monoisotopic (exact) mass is 428 g/mol. The minimum absolute atomic E-state index is 0.0927. The highest BCUT2D eigenvalue weighted by Crippen LogP contribution is 2.23. The van der Waals surface area contributed by atoms with E-state index in [1.807, 2.05) is 71.8 Å². The summed E-state index contributed by atoms with van der Waals surface area (Å²) in [7, 11) is -3.90. The minimum Gasteiger partial charge on any atom is -0.317 e. The number of allylic oxidation sites excluding steroid dienone is 1. The van der Waals surface area contributed by atoms with Crippen LogP contribution in [0, 0.1) is 25.2 Å². The van der Waals surface area contributed by atoms with Crippen LogP contribution in [-0.2, 0) is 9.84 Å². The summed E-state index contributed by atoms with van der Waals surface area (Å²) < 4.78 is 29.4. The summed E-state index contributed by atoms with van der Waals surface area (Å²) >= 11 is 0. The van der Waals surface area contributed by atoms with Gasteiger partial charge in [-0.1, -0.05) is 18.2 Å². The van der Waals surface area contributed by atoms with Gasteiger partial charge in [0.05, 0.1) is 16.3 Å². The normalized spacial score (nSPS) is 12.0. The molecule has 2 aromatic carbocycles. The molecule has 31 heavy (non-hydrogen) atoms. The highest BCUT2D eigenvalue weighted by Gasteiger charge is 2.21. The molecule has 6 nitrogen and oxygen atoms in total. The predicted molar refractivity (Wildman–Crippen MR) is 120 cm³/mol. The third-order valence-electron chi connectivity index (χ3n) is 4.89. The highest BCUT2D eigenvalue weighted by atomic mass is 32.2. The summed E-state index contributed by atoms with van der Waals surface area (Å²) in [6, 6.07) is 23.2. The Balaban J connectivity index is 1.71. The third-order valence-corrected chi connectivity index (χ3v) is 6.58. The average Bonchev–Trinajstić information content (AvgIpc) is 3.38. The van der Waals surface area contributed by atoms with Crippen molar-refractivity contribution in [2.75, 3.05) is 0 Å². The zero-order chi connectivity index (χ0) is 22.0. The van der Waals surface area contributed by atoms with Crippen LogP contribution in [0.2, 0.25) is 0 Å². The van der Waals surface area contributed by atoms with Gasteiger partial charge >= 0.3 is 0 Å². The lowest BCUT2D eigenvalue weighted by molar-refractivity contribution is 0.603. The van der Waals surface area contributed by atoms with Gasteiger partial charge in [-0.15, -0.1) is 0 Å². The fourth-order valence-corrected chi connectivity index (χ4v) is 4.59. The summed E-state index contributed by atoms with van der Waals surface area (Å²) in [5.41, 5.74) is 4.36. The van der Waals surface area contributed by atoms with Gasteiger partial charge in [0.1, 0.15) is 6.07 Å². The van der Waals surface area contributed by atoms with E-state index in [0.717, 1.165) is 22.8 Å². The van der Waals surface area contributed by atoms with Crippen molar-refractivity contribution in [2.24, 2.45) is 0 Å². The Hall–Kier alpha value is -3.89. The van der Waals surface area contributed by atoms with E-state index in [-0.39, 0.29) is 9.80 Å². The maximum Gasteiger partial charge on any atom is 0.216 e.